The van der Waals surface area contributed by atoms with Gasteiger partial charge in [-0.05, 0) is 28.7 Å². The molecule has 0 aliphatic rings. The first-order valence-corrected chi connectivity index (χ1v) is 4.33. The first-order chi connectivity index (χ1) is 6.04. The fraction of sp³-hybridized carbons (Fsp3) is 0.143. The number of halogens is 3. The average molecular weight is 299 g/mol. The Morgan fingerprint density at radius 2 is 2.08 bits per heavy atom. The second-order valence-electron chi connectivity index (χ2n) is 2.23. The number of nitro groups is 1. The van der Waals surface area contributed by atoms with E-state index in [4.69, 9.17) is 0 Å². The van der Waals surface area contributed by atoms with Crippen LogP contribution in [-0.4, -0.2) is 4.92 Å². The molecule has 70 valence electrons. The largest absolute Gasteiger partial charge is 0.279 e. The number of benzene rings is 1. The Labute approximate surface area is 86.0 Å². The summed E-state index contributed by atoms with van der Waals surface area (Å²) in [5, 5.41) is 10.3. The standard InChI is InChI=1S/C7H4F2INO2/c8-7(9)6-4(10)2-1-3-5(6)11(12)13/h1-3,7H. The lowest BCUT2D eigenvalue weighted by Gasteiger charge is -2.02. The van der Waals surface area contributed by atoms with Gasteiger partial charge in [-0.15, -0.1) is 0 Å². The van der Waals surface area contributed by atoms with Crippen LogP contribution in [0.3, 0.4) is 0 Å². The summed E-state index contributed by atoms with van der Waals surface area (Å²) in [5.41, 5.74) is -1.03. The van der Waals surface area contributed by atoms with Crippen molar-refractivity contribution < 1.29 is 13.7 Å². The predicted molar refractivity (Wildman–Crippen MR) is 50.8 cm³/mol. The van der Waals surface area contributed by atoms with Crippen LogP contribution in [0, 0.1) is 13.7 Å². The summed E-state index contributed by atoms with van der Waals surface area (Å²) in [6, 6.07) is 3.87. The lowest BCUT2D eigenvalue weighted by molar-refractivity contribution is -0.386. The number of nitro benzene ring substituents is 1. The molecule has 1 rings (SSSR count). The summed E-state index contributed by atoms with van der Waals surface area (Å²) >= 11 is 1.65. The summed E-state index contributed by atoms with van der Waals surface area (Å²) < 4.78 is 24.9. The lowest BCUT2D eigenvalue weighted by Crippen LogP contribution is -1.98. The minimum Gasteiger partial charge on any atom is -0.258 e. The van der Waals surface area contributed by atoms with Gasteiger partial charge >= 0.3 is 0 Å². The van der Waals surface area contributed by atoms with Crippen molar-refractivity contribution in [1.29, 1.82) is 0 Å². The molecule has 0 radical (unpaired) electrons. The first-order valence-electron chi connectivity index (χ1n) is 3.25. The van der Waals surface area contributed by atoms with Crippen LogP contribution >= 0.6 is 22.6 Å². The normalized spacial score (nSPS) is 10.5. The summed E-state index contributed by atoms with van der Waals surface area (Å²) in [7, 11) is 0. The molecule has 0 N–H and O–H groups in total. The Balaban J connectivity index is 3.34. The molecule has 0 saturated heterocycles. The van der Waals surface area contributed by atoms with Gasteiger partial charge in [-0.3, -0.25) is 10.1 Å². The Morgan fingerprint density at radius 3 is 2.46 bits per heavy atom. The van der Waals surface area contributed by atoms with E-state index in [9.17, 15) is 18.9 Å². The van der Waals surface area contributed by atoms with Gasteiger partial charge in [0.2, 0.25) is 0 Å². The van der Waals surface area contributed by atoms with Crippen molar-refractivity contribution in [3.63, 3.8) is 0 Å². The topological polar surface area (TPSA) is 43.1 Å². The van der Waals surface area contributed by atoms with Crippen molar-refractivity contribution in [2.75, 3.05) is 0 Å². The molecule has 6 heteroatoms. The van der Waals surface area contributed by atoms with Gasteiger partial charge in [0.25, 0.3) is 12.1 Å². The molecule has 0 amide bonds. The smallest absolute Gasteiger partial charge is 0.258 e. The van der Waals surface area contributed by atoms with Crippen LogP contribution in [0.5, 0.6) is 0 Å². The lowest BCUT2D eigenvalue weighted by atomic mass is 10.2. The van der Waals surface area contributed by atoms with Crippen LogP contribution in [0.25, 0.3) is 0 Å². The molecule has 1 aromatic carbocycles. The minimum absolute atomic E-state index is 0.210. The van der Waals surface area contributed by atoms with Crippen LogP contribution in [0.15, 0.2) is 18.2 Å². The highest BCUT2D eigenvalue weighted by atomic mass is 127. The van der Waals surface area contributed by atoms with Gasteiger partial charge in [0.1, 0.15) is 5.56 Å². The van der Waals surface area contributed by atoms with E-state index in [1.807, 2.05) is 0 Å². The molecule has 1 aromatic rings. The number of alkyl halides is 2. The molecule has 0 heterocycles. The molecule has 3 nitrogen and oxygen atoms in total. The van der Waals surface area contributed by atoms with Gasteiger partial charge in [-0.25, -0.2) is 8.78 Å². The van der Waals surface area contributed by atoms with Crippen LogP contribution < -0.4 is 0 Å². The zero-order valence-electron chi connectivity index (χ0n) is 6.21. The number of hydrogen-bond donors (Lipinski definition) is 0. The Kier molecular flexibility index (Phi) is 3.12. The zero-order chi connectivity index (χ0) is 10.0. The van der Waals surface area contributed by atoms with Gasteiger partial charge in [0.15, 0.2) is 0 Å². The molecule has 0 spiro atoms. The van der Waals surface area contributed by atoms with Crippen LogP contribution in [0.2, 0.25) is 0 Å². The number of rotatable bonds is 2. The van der Waals surface area contributed by atoms with Crippen LogP contribution in [-0.2, 0) is 0 Å². The van der Waals surface area contributed by atoms with Crippen molar-refractivity contribution in [1.82, 2.24) is 0 Å². The van der Waals surface area contributed by atoms with Crippen molar-refractivity contribution in [2.45, 2.75) is 6.43 Å². The molecule has 0 aliphatic carbocycles. The highest BCUT2D eigenvalue weighted by Crippen LogP contribution is 2.32. The molecule has 0 bridgehead atoms. The highest BCUT2D eigenvalue weighted by molar-refractivity contribution is 14.1. The summed E-state index contributed by atoms with van der Waals surface area (Å²) in [4.78, 5) is 9.55. The molecule has 0 saturated carbocycles. The fourth-order valence-electron chi connectivity index (χ4n) is 0.901. The van der Waals surface area contributed by atoms with E-state index in [0.717, 1.165) is 6.07 Å². The summed E-state index contributed by atoms with van der Waals surface area (Å²) in [5.74, 6) is 0. The third-order valence-electron chi connectivity index (χ3n) is 1.44. The van der Waals surface area contributed by atoms with Crippen LogP contribution in [0.1, 0.15) is 12.0 Å². The van der Waals surface area contributed by atoms with Gasteiger partial charge in [0.05, 0.1) is 4.92 Å². The van der Waals surface area contributed by atoms with Crippen molar-refractivity contribution in [3.05, 3.63) is 37.4 Å². The molecule has 13 heavy (non-hydrogen) atoms. The van der Waals surface area contributed by atoms with Gasteiger partial charge in [-0.1, -0.05) is 6.07 Å². The van der Waals surface area contributed by atoms with E-state index in [-0.39, 0.29) is 3.57 Å². The van der Waals surface area contributed by atoms with Crippen LogP contribution in [0.4, 0.5) is 14.5 Å². The van der Waals surface area contributed by atoms with Crippen molar-refractivity contribution >= 4 is 28.3 Å². The Hall–Kier alpha value is -0.790. The molecule has 0 fully saturated rings. The van der Waals surface area contributed by atoms with E-state index in [0.29, 0.717) is 0 Å². The maximum absolute atomic E-state index is 12.3. The van der Waals surface area contributed by atoms with E-state index in [2.05, 4.69) is 0 Å². The predicted octanol–water partition coefficient (Wildman–Crippen LogP) is 3.14. The second-order valence-corrected chi connectivity index (χ2v) is 3.39. The SMILES string of the molecule is O=[N+]([O-])c1cccc(I)c1C(F)F. The molecule has 0 atom stereocenters. The Morgan fingerprint density at radius 1 is 1.46 bits per heavy atom. The van der Waals surface area contributed by atoms with E-state index >= 15 is 0 Å². The maximum Gasteiger partial charge on any atom is 0.279 e. The summed E-state index contributed by atoms with van der Waals surface area (Å²) in [6.45, 7) is 0. The van der Waals surface area contributed by atoms with Crippen molar-refractivity contribution in [3.8, 4) is 0 Å². The third kappa shape index (κ3) is 2.11. The molecular formula is C7H4F2INO2. The number of hydrogen-bond acceptors (Lipinski definition) is 2. The Bertz CT molecular complexity index is 343. The van der Waals surface area contributed by atoms with E-state index in [1.54, 1.807) is 22.6 Å². The second kappa shape index (κ2) is 3.95. The monoisotopic (exact) mass is 299 g/mol. The summed E-state index contributed by atoms with van der Waals surface area (Å²) in [6.07, 6.45) is -2.81. The average Bonchev–Trinajstić information content (AvgIpc) is 2.02. The van der Waals surface area contributed by atoms with E-state index in [1.165, 1.54) is 12.1 Å². The quantitative estimate of drug-likeness (QED) is 0.478. The first kappa shape index (κ1) is 10.3. The zero-order valence-corrected chi connectivity index (χ0v) is 8.36. The molecule has 0 aromatic heterocycles. The van der Waals surface area contributed by atoms with Crippen molar-refractivity contribution in [2.24, 2.45) is 0 Å². The molecule has 0 unspecified atom stereocenters. The number of nitrogens with zero attached hydrogens (tertiary/aromatic N) is 1. The molecular weight excluding hydrogens is 295 g/mol. The minimum atomic E-state index is -2.81. The fourth-order valence-corrected chi connectivity index (χ4v) is 1.62. The molecule has 0 aliphatic heterocycles. The van der Waals surface area contributed by atoms with Gasteiger partial charge in [0, 0.05) is 9.64 Å². The highest BCUT2D eigenvalue weighted by Gasteiger charge is 2.23. The van der Waals surface area contributed by atoms with Gasteiger partial charge in [-0.2, -0.15) is 0 Å². The van der Waals surface area contributed by atoms with E-state index < -0.39 is 22.6 Å². The van der Waals surface area contributed by atoms with Gasteiger partial charge < -0.3 is 0 Å². The third-order valence-corrected chi connectivity index (χ3v) is 2.39. The maximum atomic E-state index is 12.3.